The van der Waals surface area contributed by atoms with E-state index in [0.717, 1.165) is 33.7 Å². The van der Waals surface area contributed by atoms with Gasteiger partial charge in [0.1, 0.15) is 5.75 Å². The fourth-order valence-electron chi connectivity index (χ4n) is 4.43. The number of hydrogen-bond donors (Lipinski definition) is 0. The van der Waals surface area contributed by atoms with E-state index in [2.05, 4.69) is 0 Å². The van der Waals surface area contributed by atoms with Gasteiger partial charge in [-0.15, -0.1) is 0 Å². The second kappa shape index (κ2) is 9.38. The highest BCUT2D eigenvalue weighted by atomic mass is 16.5. The summed E-state index contributed by atoms with van der Waals surface area (Å²) in [4.78, 5) is 15.4. The van der Waals surface area contributed by atoms with Crippen LogP contribution >= 0.6 is 0 Å². The highest BCUT2D eigenvalue weighted by molar-refractivity contribution is 6.14. The predicted octanol–water partition coefficient (Wildman–Crippen LogP) is 6.20. The van der Waals surface area contributed by atoms with Crippen LogP contribution in [0, 0.1) is 0 Å². The summed E-state index contributed by atoms with van der Waals surface area (Å²) >= 11 is 0. The molecule has 1 heterocycles. The molecule has 0 aromatic heterocycles. The molecule has 4 nitrogen and oxygen atoms in total. The first kappa shape index (κ1) is 21.7. The summed E-state index contributed by atoms with van der Waals surface area (Å²) in [6.45, 7) is 0.333. The van der Waals surface area contributed by atoms with Crippen molar-refractivity contribution in [3.8, 4) is 5.75 Å². The largest absolute Gasteiger partial charge is 0.497 e. The summed E-state index contributed by atoms with van der Waals surface area (Å²) < 4.78 is 12.2. The van der Waals surface area contributed by atoms with Gasteiger partial charge in [0, 0.05) is 22.9 Å². The van der Waals surface area contributed by atoms with Crippen LogP contribution in [0.25, 0.3) is 5.57 Å². The van der Waals surface area contributed by atoms with Gasteiger partial charge in [0.2, 0.25) is 5.72 Å². The Kier molecular flexibility index (Phi) is 5.98. The molecule has 0 spiro atoms. The fraction of sp³-hybridized carbons (Fsp3) is 0.100. The number of methoxy groups -OCH3 is 1. The maximum absolute atomic E-state index is 13.7. The van der Waals surface area contributed by atoms with Crippen LogP contribution in [0.4, 0.5) is 5.69 Å². The third kappa shape index (κ3) is 3.89. The summed E-state index contributed by atoms with van der Waals surface area (Å²) in [6.07, 6.45) is 1.69. The van der Waals surface area contributed by atoms with Gasteiger partial charge >= 0.3 is 0 Å². The molecule has 0 radical (unpaired) electrons. The van der Waals surface area contributed by atoms with Crippen molar-refractivity contribution in [3.05, 3.63) is 138 Å². The van der Waals surface area contributed by atoms with Gasteiger partial charge in [-0.05, 0) is 35.4 Å². The molecule has 1 atom stereocenters. The van der Waals surface area contributed by atoms with Crippen molar-refractivity contribution in [1.29, 1.82) is 0 Å². The second-order valence-electron chi connectivity index (χ2n) is 8.08. The molecule has 0 saturated heterocycles. The van der Waals surface area contributed by atoms with Crippen LogP contribution in [0.2, 0.25) is 0 Å². The highest BCUT2D eigenvalue weighted by Gasteiger charge is 2.51. The molecule has 5 rings (SSSR count). The molecule has 4 aromatic rings. The van der Waals surface area contributed by atoms with Crippen LogP contribution in [-0.4, -0.2) is 13.0 Å². The number of ether oxygens (including phenoxy) is 2. The van der Waals surface area contributed by atoms with Crippen molar-refractivity contribution in [1.82, 2.24) is 0 Å². The number of hydrogen-bond acceptors (Lipinski definition) is 3. The van der Waals surface area contributed by atoms with Gasteiger partial charge in [0.25, 0.3) is 5.91 Å². The van der Waals surface area contributed by atoms with E-state index in [1.165, 1.54) is 0 Å². The van der Waals surface area contributed by atoms with Gasteiger partial charge in [-0.25, -0.2) is 0 Å². The monoisotopic (exact) mass is 447 g/mol. The summed E-state index contributed by atoms with van der Waals surface area (Å²) in [5.74, 6) is 0.586. The third-order valence-electron chi connectivity index (χ3n) is 6.04. The molecule has 0 saturated carbocycles. The minimum absolute atomic E-state index is 0.138. The number of carbonyl (C=O) groups is 1. The van der Waals surface area contributed by atoms with Crippen LogP contribution in [0.3, 0.4) is 0 Å². The molecule has 4 aromatic carbocycles. The molecule has 1 amide bonds. The number of carbonyl (C=O) groups excluding carboxylic acids is 1. The SMILES string of the molecule is COc1ccc(N2C(=O)C=C(c3ccccc3)C2(OCc2ccccc2)c2ccccc2)cc1. The van der Waals surface area contributed by atoms with Crippen LogP contribution in [-0.2, 0) is 21.9 Å². The number of benzene rings is 4. The maximum Gasteiger partial charge on any atom is 0.254 e. The Morgan fingerprint density at radius 2 is 1.32 bits per heavy atom. The van der Waals surface area contributed by atoms with E-state index in [9.17, 15) is 4.79 Å². The second-order valence-corrected chi connectivity index (χ2v) is 8.08. The van der Waals surface area contributed by atoms with Crippen LogP contribution in [0.15, 0.2) is 121 Å². The first-order valence-electron chi connectivity index (χ1n) is 11.2. The lowest BCUT2D eigenvalue weighted by atomic mass is 9.89. The first-order chi connectivity index (χ1) is 16.7. The Bertz CT molecular complexity index is 1290. The zero-order valence-electron chi connectivity index (χ0n) is 18.9. The molecule has 0 fully saturated rings. The Morgan fingerprint density at radius 1 is 0.735 bits per heavy atom. The van der Waals surface area contributed by atoms with Crippen LogP contribution < -0.4 is 9.64 Å². The van der Waals surface area contributed by atoms with Crippen molar-refractivity contribution in [2.45, 2.75) is 12.3 Å². The average molecular weight is 448 g/mol. The topological polar surface area (TPSA) is 38.8 Å². The zero-order chi connectivity index (χ0) is 23.4. The quantitative estimate of drug-likeness (QED) is 0.339. The molecular formula is C30H25NO3. The van der Waals surface area contributed by atoms with Gasteiger partial charge < -0.3 is 9.47 Å². The van der Waals surface area contributed by atoms with Crippen molar-refractivity contribution in [2.75, 3.05) is 12.0 Å². The van der Waals surface area contributed by atoms with E-state index in [-0.39, 0.29) is 5.91 Å². The first-order valence-corrected chi connectivity index (χ1v) is 11.2. The summed E-state index contributed by atoms with van der Waals surface area (Å²) in [7, 11) is 1.63. The van der Waals surface area contributed by atoms with E-state index in [0.29, 0.717) is 6.61 Å². The van der Waals surface area contributed by atoms with Gasteiger partial charge in [-0.2, -0.15) is 0 Å². The molecule has 1 aliphatic rings. The Hall–Kier alpha value is -4.15. The Labute approximate surface area is 199 Å². The summed E-state index contributed by atoms with van der Waals surface area (Å²) in [5.41, 5.74) is 3.22. The zero-order valence-corrected chi connectivity index (χ0v) is 18.9. The number of rotatable bonds is 7. The summed E-state index contributed by atoms with van der Waals surface area (Å²) in [5, 5.41) is 0. The number of amides is 1. The highest BCUT2D eigenvalue weighted by Crippen LogP contribution is 2.49. The maximum atomic E-state index is 13.7. The lowest BCUT2D eigenvalue weighted by Crippen LogP contribution is -2.48. The van der Waals surface area contributed by atoms with E-state index >= 15 is 0 Å². The Balaban J connectivity index is 1.71. The van der Waals surface area contributed by atoms with Gasteiger partial charge in [-0.3, -0.25) is 9.69 Å². The molecule has 0 aliphatic carbocycles. The summed E-state index contributed by atoms with van der Waals surface area (Å²) in [6, 6.07) is 37.4. The normalized spacial score (nSPS) is 17.5. The van der Waals surface area contributed by atoms with Crippen molar-refractivity contribution < 1.29 is 14.3 Å². The lowest BCUT2D eigenvalue weighted by molar-refractivity contribution is -0.118. The minimum Gasteiger partial charge on any atom is -0.497 e. The molecule has 1 aliphatic heterocycles. The molecule has 168 valence electrons. The number of anilines is 1. The van der Waals surface area contributed by atoms with Crippen LogP contribution in [0.1, 0.15) is 16.7 Å². The van der Waals surface area contributed by atoms with Gasteiger partial charge in [0.05, 0.1) is 13.7 Å². The van der Waals surface area contributed by atoms with Crippen molar-refractivity contribution >= 4 is 17.2 Å². The minimum atomic E-state index is -1.15. The van der Waals surface area contributed by atoms with E-state index in [1.54, 1.807) is 18.1 Å². The molecule has 1 unspecified atom stereocenters. The van der Waals surface area contributed by atoms with Gasteiger partial charge in [0.15, 0.2) is 0 Å². The number of nitrogens with zero attached hydrogens (tertiary/aromatic N) is 1. The van der Waals surface area contributed by atoms with Crippen molar-refractivity contribution in [3.63, 3.8) is 0 Å². The smallest absolute Gasteiger partial charge is 0.254 e. The third-order valence-corrected chi connectivity index (χ3v) is 6.04. The molecular weight excluding hydrogens is 422 g/mol. The van der Waals surface area contributed by atoms with E-state index in [4.69, 9.17) is 9.47 Å². The van der Waals surface area contributed by atoms with Crippen molar-refractivity contribution in [2.24, 2.45) is 0 Å². The molecule has 0 bridgehead atoms. The van der Waals surface area contributed by atoms with E-state index in [1.807, 2.05) is 115 Å². The fourth-order valence-corrected chi connectivity index (χ4v) is 4.43. The van der Waals surface area contributed by atoms with E-state index < -0.39 is 5.72 Å². The lowest BCUT2D eigenvalue weighted by Gasteiger charge is -2.41. The van der Waals surface area contributed by atoms with Crippen LogP contribution in [0.5, 0.6) is 5.75 Å². The molecule has 34 heavy (non-hydrogen) atoms. The predicted molar refractivity (Wildman–Crippen MR) is 134 cm³/mol. The molecule has 0 N–H and O–H groups in total. The Morgan fingerprint density at radius 3 is 1.94 bits per heavy atom. The van der Waals surface area contributed by atoms with Gasteiger partial charge in [-0.1, -0.05) is 91.0 Å². The standard InChI is InChI=1S/C30H25NO3/c1-33-27-19-17-26(18-20-27)31-29(32)21-28(24-13-7-3-8-14-24)30(31,25-15-9-4-10-16-25)34-22-23-11-5-2-6-12-23/h2-21H,22H2,1H3. The molecule has 4 heteroatoms. The average Bonchev–Trinajstić information content (AvgIpc) is 3.22.